The number of hydrogen-bond acceptors (Lipinski definition) is 2. The van der Waals surface area contributed by atoms with Crippen LogP contribution in [-0.4, -0.2) is 16.3 Å². The van der Waals surface area contributed by atoms with E-state index in [1.807, 2.05) is 6.20 Å². The maximum atomic E-state index is 4.41. The Balaban J connectivity index is 1.69. The molecule has 1 aromatic heterocycles. The van der Waals surface area contributed by atoms with E-state index in [4.69, 9.17) is 0 Å². The van der Waals surface area contributed by atoms with Gasteiger partial charge < -0.3 is 5.32 Å². The lowest BCUT2D eigenvalue weighted by atomic mass is 9.85. The van der Waals surface area contributed by atoms with Crippen molar-refractivity contribution in [3.05, 3.63) is 18.0 Å². The van der Waals surface area contributed by atoms with Crippen LogP contribution in [0.4, 0.5) is 0 Å². The first kappa shape index (κ1) is 11.6. The summed E-state index contributed by atoms with van der Waals surface area (Å²) in [5, 5.41) is 7.86. The van der Waals surface area contributed by atoms with Gasteiger partial charge in [0.25, 0.3) is 0 Å². The van der Waals surface area contributed by atoms with Gasteiger partial charge >= 0.3 is 0 Å². The summed E-state index contributed by atoms with van der Waals surface area (Å²) in [6.07, 6.45) is 10.9. The second kappa shape index (κ2) is 6.04. The molecular formula is C13H23N3. The van der Waals surface area contributed by atoms with Crippen LogP contribution in [0.25, 0.3) is 0 Å². The van der Waals surface area contributed by atoms with Crippen LogP contribution < -0.4 is 5.32 Å². The van der Waals surface area contributed by atoms with E-state index in [9.17, 15) is 0 Å². The number of hydrogen-bond donors (Lipinski definition) is 1. The monoisotopic (exact) mass is 221 g/mol. The third-order valence-electron chi connectivity index (χ3n) is 3.39. The van der Waals surface area contributed by atoms with Gasteiger partial charge in [0.05, 0.1) is 6.20 Å². The first-order chi connectivity index (χ1) is 7.88. The lowest BCUT2D eigenvalue weighted by Crippen LogP contribution is -2.18. The molecule has 1 heterocycles. The molecule has 0 amide bonds. The molecule has 3 nitrogen and oxygen atoms in total. The molecule has 90 valence electrons. The third-order valence-corrected chi connectivity index (χ3v) is 3.39. The van der Waals surface area contributed by atoms with Gasteiger partial charge in [-0.25, -0.2) is 0 Å². The van der Waals surface area contributed by atoms with Gasteiger partial charge in [0.1, 0.15) is 0 Å². The van der Waals surface area contributed by atoms with Crippen molar-refractivity contribution < 1.29 is 0 Å². The Kier molecular flexibility index (Phi) is 4.40. The molecule has 0 aromatic carbocycles. The van der Waals surface area contributed by atoms with Crippen molar-refractivity contribution in [2.45, 2.75) is 52.1 Å². The van der Waals surface area contributed by atoms with Crippen LogP contribution in [0.15, 0.2) is 12.4 Å². The van der Waals surface area contributed by atoms with Crippen LogP contribution in [0.5, 0.6) is 0 Å². The molecule has 1 fully saturated rings. The van der Waals surface area contributed by atoms with Crippen LogP contribution in [-0.2, 0) is 13.1 Å². The van der Waals surface area contributed by atoms with Crippen LogP contribution >= 0.6 is 0 Å². The maximum absolute atomic E-state index is 4.41. The fourth-order valence-corrected chi connectivity index (χ4v) is 2.07. The maximum Gasteiger partial charge on any atom is 0.0534 e. The Morgan fingerprint density at radius 3 is 3.06 bits per heavy atom. The zero-order valence-corrected chi connectivity index (χ0v) is 10.3. The minimum Gasteiger partial charge on any atom is -0.313 e. The Labute approximate surface area is 98.2 Å². The van der Waals surface area contributed by atoms with E-state index in [-0.39, 0.29) is 0 Å². The summed E-state index contributed by atoms with van der Waals surface area (Å²) < 4.78 is 2.11. The van der Waals surface area contributed by atoms with E-state index in [0.717, 1.165) is 25.6 Å². The zero-order chi connectivity index (χ0) is 11.2. The lowest BCUT2D eigenvalue weighted by molar-refractivity contribution is 0.266. The second-order valence-electron chi connectivity index (χ2n) is 4.90. The smallest absolute Gasteiger partial charge is 0.0534 e. The molecule has 1 N–H and O–H groups in total. The molecule has 3 heteroatoms. The Hall–Kier alpha value is -0.830. The molecule has 0 saturated heterocycles. The predicted molar refractivity (Wildman–Crippen MR) is 66.2 cm³/mol. The summed E-state index contributed by atoms with van der Waals surface area (Å²) in [7, 11) is 0. The van der Waals surface area contributed by atoms with Gasteiger partial charge in [-0.05, 0) is 31.7 Å². The molecule has 1 aliphatic rings. The van der Waals surface area contributed by atoms with Gasteiger partial charge in [0.15, 0.2) is 0 Å². The highest BCUT2D eigenvalue weighted by molar-refractivity contribution is 5.03. The Morgan fingerprint density at radius 2 is 2.38 bits per heavy atom. The van der Waals surface area contributed by atoms with Gasteiger partial charge in [0.2, 0.25) is 0 Å². The van der Waals surface area contributed by atoms with Gasteiger partial charge in [-0.2, -0.15) is 5.10 Å². The van der Waals surface area contributed by atoms with Crippen LogP contribution in [0.2, 0.25) is 0 Å². The summed E-state index contributed by atoms with van der Waals surface area (Å²) >= 11 is 0. The van der Waals surface area contributed by atoms with Crippen LogP contribution in [0.1, 0.15) is 44.6 Å². The molecule has 1 aliphatic carbocycles. The molecule has 0 bridgehead atoms. The highest BCUT2D eigenvalue weighted by atomic mass is 15.3. The van der Waals surface area contributed by atoms with E-state index < -0.39 is 0 Å². The van der Waals surface area contributed by atoms with Crippen molar-refractivity contribution >= 4 is 0 Å². The Bertz CT molecular complexity index is 302. The molecule has 16 heavy (non-hydrogen) atoms. The Morgan fingerprint density at radius 1 is 1.50 bits per heavy atom. The third kappa shape index (κ3) is 3.34. The molecule has 1 saturated carbocycles. The van der Waals surface area contributed by atoms with E-state index in [0.29, 0.717) is 0 Å². The van der Waals surface area contributed by atoms with E-state index in [1.165, 1.54) is 37.7 Å². The normalized spacial score (nSPS) is 16.3. The number of unbranched alkanes of at least 4 members (excludes halogenated alkanes) is 1. The summed E-state index contributed by atoms with van der Waals surface area (Å²) in [5.74, 6) is 0.890. The summed E-state index contributed by atoms with van der Waals surface area (Å²) in [4.78, 5) is 0. The van der Waals surface area contributed by atoms with Gasteiger partial charge in [-0.1, -0.05) is 19.8 Å². The topological polar surface area (TPSA) is 29.9 Å². The number of aromatic nitrogens is 2. The SMILES string of the molecule is CCCCNCc1cnn(CC2CCC2)c1. The first-order valence-corrected chi connectivity index (χ1v) is 6.60. The number of rotatable bonds is 7. The number of nitrogens with one attached hydrogen (secondary N) is 1. The summed E-state index contributed by atoms with van der Waals surface area (Å²) in [5.41, 5.74) is 1.32. The van der Waals surface area contributed by atoms with Crippen molar-refractivity contribution in [1.29, 1.82) is 0 Å². The average molecular weight is 221 g/mol. The van der Waals surface area contributed by atoms with E-state index in [2.05, 4.69) is 28.2 Å². The van der Waals surface area contributed by atoms with Crippen molar-refractivity contribution in [3.8, 4) is 0 Å². The summed E-state index contributed by atoms with van der Waals surface area (Å²) in [6.45, 7) is 5.42. The molecule has 0 radical (unpaired) electrons. The molecular weight excluding hydrogens is 198 g/mol. The van der Waals surface area contributed by atoms with Crippen LogP contribution in [0, 0.1) is 5.92 Å². The quantitative estimate of drug-likeness (QED) is 0.717. The first-order valence-electron chi connectivity index (χ1n) is 6.60. The van der Waals surface area contributed by atoms with Crippen LogP contribution in [0.3, 0.4) is 0 Å². The largest absolute Gasteiger partial charge is 0.313 e. The highest BCUT2D eigenvalue weighted by Crippen LogP contribution is 2.27. The minimum atomic E-state index is 0.890. The van der Waals surface area contributed by atoms with Gasteiger partial charge in [-0.3, -0.25) is 4.68 Å². The average Bonchev–Trinajstić information content (AvgIpc) is 2.67. The van der Waals surface area contributed by atoms with E-state index >= 15 is 0 Å². The fourth-order valence-electron chi connectivity index (χ4n) is 2.07. The highest BCUT2D eigenvalue weighted by Gasteiger charge is 2.17. The molecule has 1 aromatic rings. The fraction of sp³-hybridized carbons (Fsp3) is 0.769. The van der Waals surface area contributed by atoms with Crippen molar-refractivity contribution in [1.82, 2.24) is 15.1 Å². The lowest BCUT2D eigenvalue weighted by Gasteiger charge is -2.24. The van der Waals surface area contributed by atoms with Gasteiger partial charge in [-0.15, -0.1) is 0 Å². The standard InChI is InChI=1S/C13H23N3/c1-2-3-7-14-8-13-9-15-16(11-13)10-12-5-4-6-12/h9,11-12,14H,2-8,10H2,1H3. The van der Waals surface area contributed by atoms with E-state index in [1.54, 1.807) is 0 Å². The minimum absolute atomic E-state index is 0.890. The predicted octanol–water partition coefficient (Wildman–Crippen LogP) is 2.57. The van der Waals surface area contributed by atoms with Crippen molar-refractivity contribution in [2.24, 2.45) is 5.92 Å². The van der Waals surface area contributed by atoms with Crippen molar-refractivity contribution in [3.63, 3.8) is 0 Å². The number of nitrogens with zero attached hydrogens (tertiary/aromatic N) is 2. The molecule has 0 spiro atoms. The molecule has 0 unspecified atom stereocenters. The molecule has 2 rings (SSSR count). The zero-order valence-electron chi connectivity index (χ0n) is 10.3. The van der Waals surface area contributed by atoms with Crippen molar-refractivity contribution in [2.75, 3.05) is 6.54 Å². The molecule has 0 aliphatic heterocycles. The summed E-state index contributed by atoms with van der Waals surface area (Å²) in [6, 6.07) is 0. The second-order valence-corrected chi connectivity index (χ2v) is 4.90. The molecule has 0 atom stereocenters. The van der Waals surface area contributed by atoms with Gasteiger partial charge in [0, 0.05) is 24.8 Å².